The minimum Gasteiger partial charge on any atom is -0.480 e. The summed E-state index contributed by atoms with van der Waals surface area (Å²) in [7, 11) is -4.75. The number of hydrogen-bond donors (Lipinski definition) is 4. The lowest BCUT2D eigenvalue weighted by Gasteiger charge is -2.20. The van der Waals surface area contributed by atoms with E-state index in [0.717, 1.165) is 70.6 Å². The normalized spacial score (nSPS) is 15.2. The highest BCUT2D eigenvalue weighted by Crippen LogP contribution is 2.43. The molecule has 0 spiro atoms. The third-order valence-electron chi connectivity index (χ3n) is 8.28. The number of unbranched alkanes of at least 4 members (excludes halogenated alkanes) is 6. The first-order valence-electron chi connectivity index (χ1n) is 20.7. The van der Waals surface area contributed by atoms with Crippen molar-refractivity contribution in [1.29, 1.82) is 0 Å². The molecule has 0 saturated heterocycles. The zero-order valence-electron chi connectivity index (χ0n) is 34.5. The van der Waals surface area contributed by atoms with E-state index in [1.807, 2.05) is 19.1 Å². The second-order valence-electron chi connectivity index (χ2n) is 13.6. The topological polar surface area (TPSA) is 192 Å². The predicted octanol–water partition coefficient (Wildman–Crippen LogP) is 9.69. The van der Waals surface area contributed by atoms with E-state index in [1.165, 1.54) is 19.3 Å². The van der Waals surface area contributed by atoms with Crippen LogP contribution in [0.25, 0.3) is 0 Å². The highest BCUT2D eigenvalue weighted by molar-refractivity contribution is 7.47. The monoisotopic (exact) mass is 821 g/mol. The number of phosphoric ester groups is 1. The minimum atomic E-state index is -4.75. The van der Waals surface area contributed by atoms with Crippen LogP contribution < -0.4 is 5.73 Å². The molecule has 0 aliphatic carbocycles. The van der Waals surface area contributed by atoms with Crippen LogP contribution in [0.4, 0.5) is 0 Å². The quantitative estimate of drug-likeness (QED) is 0.0201. The summed E-state index contributed by atoms with van der Waals surface area (Å²) in [6.45, 7) is 2.36. The zero-order chi connectivity index (χ0) is 42.2. The molecule has 57 heavy (non-hydrogen) atoms. The second kappa shape index (κ2) is 38.2. The largest absolute Gasteiger partial charge is 0.480 e. The molecule has 0 aromatic carbocycles. The number of rotatable bonds is 37. The van der Waals surface area contributed by atoms with Crippen molar-refractivity contribution in [2.75, 3.05) is 19.8 Å². The molecule has 4 atom stereocenters. The number of allylic oxidation sites excluding steroid dienone is 14. The Kier molecular flexibility index (Phi) is 35.9. The van der Waals surface area contributed by atoms with Crippen molar-refractivity contribution in [3.05, 3.63) is 85.1 Å². The maximum Gasteiger partial charge on any atom is 0.472 e. The van der Waals surface area contributed by atoms with Crippen molar-refractivity contribution < 1.29 is 52.6 Å². The standard InChI is InChI=1S/C44H72NO11P/c1-3-5-6-7-8-9-10-11-12-16-19-22-25-28-31-34-42(47)53-36-40(37-54-57(51,52)55-38-41(45)44(49)50)56-43(48)35-32-29-26-23-20-17-14-13-15-18-21-24-27-30-33-39(46)4-2/h8-9,11-12,14-15,17-19,22-24,26-27,39-41,46H,3-7,10,13,16,20-21,25,28-38,45H2,1-2H3,(H,49,50)(H,51,52)/b9-8-,12-11-,17-14-,18-15-,22-19-,26-23-,27-24-/t39-,40-,41+/m1/s1. The van der Waals surface area contributed by atoms with Gasteiger partial charge in [-0.2, -0.15) is 0 Å². The Hall–Kier alpha value is -3.38. The maximum atomic E-state index is 12.6. The van der Waals surface area contributed by atoms with Gasteiger partial charge < -0.3 is 30.3 Å². The van der Waals surface area contributed by atoms with E-state index >= 15 is 0 Å². The van der Waals surface area contributed by atoms with Crippen molar-refractivity contribution >= 4 is 25.7 Å². The molecule has 0 bridgehead atoms. The number of esters is 2. The zero-order valence-corrected chi connectivity index (χ0v) is 35.4. The average Bonchev–Trinajstić information content (AvgIpc) is 3.19. The van der Waals surface area contributed by atoms with Crippen molar-refractivity contribution in [2.24, 2.45) is 5.73 Å². The number of carbonyl (C=O) groups is 3. The van der Waals surface area contributed by atoms with Gasteiger partial charge >= 0.3 is 25.7 Å². The third-order valence-corrected chi connectivity index (χ3v) is 9.23. The molecule has 13 heteroatoms. The van der Waals surface area contributed by atoms with Gasteiger partial charge in [0.25, 0.3) is 0 Å². The average molecular weight is 822 g/mol. The lowest BCUT2D eigenvalue weighted by Crippen LogP contribution is -2.34. The van der Waals surface area contributed by atoms with E-state index in [9.17, 15) is 28.9 Å². The van der Waals surface area contributed by atoms with E-state index in [-0.39, 0.29) is 18.9 Å². The molecule has 0 aromatic rings. The van der Waals surface area contributed by atoms with Crippen molar-refractivity contribution in [1.82, 2.24) is 0 Å². The maximum absolute atomic E-state index is 12.6. The lowest BCUT2D eigenvalue weighted by molar-refractivity contribution is -0.161. The minimum absolute atomic E-state index is 0.0588. The SMILES string of the molecule is CCCCC/C=C\C/C=C\C/C=C\CCCCC(=O)OC[C@H](COP(=O)(O)OC[C@H](N)C(=O)O)OC(=O)CCC/C=C\C/C=C\C/C=C\C/C=C\CC[C@H](O)CC. The third kappa shape index (κ3) is 37.9. The first-order chi connectivity index (χ1) is 27.5. The second-order valence-corrected chi connectivity index (χ2v) is 15.0. The molecule has 0 radical (unpaired) electrons. The Morgan fingerprint density at radius 2 is 1.07 bits per heavy atom. The molecule has 0 aromatic heterocycles. The van der Waals surface area contributed by atoms with Crippen LogP contribution in [0.5, 0.6) is 0 Å². The van der Waals surface area contributed by atoms with Gasteiger partial charge in [-0.1, -0.05) is 112 Å². The van der Waals surface area contributed by atoms with Crippen molar-refractivity contribution in [3.63, 3.8) is 0 Å². The molecule has 5 N–H and O–H groups in total. The van der Waals surface area contributed by atoms with E-state index in [0.29, 0.717) is 19.3 Å². The summed E-state index contributed by atoms with van der Waals surface area (Å²) in [6.07, 6.45) is 43.2. The summed E-state index contributed by atoms with van der Waals surface area (Å²) in [6, 6.07) is -1.55. The van der Waals surface area contributed by atoms with Crippen LogP contribution in [-0.2, 0) is 37.5 Å². The molecule has 0 rings (SSSR count). The number of phosphoric acid groups is 1. The van der Waals surface area contributed by atoms with E-state index in [2.05, 4.69) is 84.4 Å². The summed E-state index contributed by atoms with van der Waals surface area (Å²) in [5.74, 6) is -2.54. The molecule has 0 aliphatic heterocycles. The molecule has 0 heterocycles. The van der Waals surface area contributed by atoms with Gasteiger partial charge in [0.15, 0.2) is 6.10 Å². The van der Waals surface area contributed by atoms with Crippen LogP contribution in [0.3, 0.4) is 0 Å². The molecule has 324 valence electrons. The molecule has 0 fully saturated rings. The molecule has 1 unspecified atom stereocenters. The van der Waals surface area contributed by atoms with Gasteiger partial charge in [0, 0.05) is 12.8 Å². The number of ether oxygens (including phenoxy) is 2. The number of aliphatic carboxylic acids is 1. The Labute approximate surface area is 342 Å². The van der Waals surface area contributed by atoms with E-state index in [1.54, 1.807) is 0 Å². The van der Waals surface area contributed by atoms with Crippen LogP contribution in [0.1, 0.15) is 136 Å². The van der Waals surface area contributed by atoms with Gasteiger partial charge in [0.1, 0.15) is 12.6 Å². The highest BCUT2D eigenvalue weighted by atomic mass is 31.2. The van der Waals surface area contributed by atoms with Gasteiger partial charge in [-0.3, -0.25) is 23.4 Å². The summed E-state index contributed by atoms with van der Waals surface area (Å²) in [4.78, 5) is 45.8. The van der Waals surface area contributed by atoms with Crippen LogP contribution >= 0.6 is 7.82 Å². The molecule has 12 nitrogen and oxygen atoms in total. The van der Waals surface area contributed by atoms with Crippen LogP contribution in [0.15, 0.2) is 85.1 Å². The predicted molar refractivity (Wildman–Crippen MR) is 227 cm³/mol. The fourth-order valence-electron chi connectivity index (χ4n) is 4.81. The summed E-state index contributed by atoms with van der Waals surface area (Å²) in [5.41, 5.74) is 5.32. The van der Waals surface area contributed by atoms with Gasteiger partial charge in [0.2, 0.25) is 0 Å². The number of carboxylic acids is 1. The van der Waals surface area contributed by atoms with Gasteiger partial charge in [0.05, 0.1) is 19.3 Å². The highest BCUT2D eigenvalue weighted by Gasteiger charge is 2.28. The summed E-state index contributed by atoms with van der Waals surface area (Å²) < 4.78 is 32.5. The summed E-state index contributed by atoms with van der Waals surface area (Å²) in [5, 5.41) is 18.4. The van der Waals surface area contributed by atoms with Gasteiger partial charge in [-0.25, -0.2) is 4.57 Å². The molecule has 0 aliphatic rings. The van der Waals surface area contributed by atoms with Crippen LogP contribution in [-0.4, -0.2) is 71.1 Å². The molecule has 0 saturated carbocycles. The fourth-order valence-corrected chi connectivity index (χ4v) is 5.58. The summed E-state index contributed by atoms with van der Waals surface area (Å²) >= 11 is 0. The number of carboxylic acid groups (broad SMARTS) is 1. The number of aliphatic hydroxyl groups excluding tert-OH is 1. The lowest BCUT2D eigenvalue weighted by atomic mass is 10.1. The number of hydrogen-bond acceptors (Lipinski definition) is 10. The number of aliphatic hydroxyl groups is 1. The molecular weight excluding hydrogens is 749 g/mol. The van der Waals surface area contributed by atoms with Crippen molar-refractivity contribution in [2.45, 2.75) is 154 Å². The molecular formula is C44H72NO11P. The first kappa shape index (κ1) is 53.6. The Morgan fingerprint density at radius 1 is 0.614 bits per heavy atom. The van der Waals surface area contributed by atoms with E-state index < -0.39 is 57.7 Å². The van der Waals surface area contributed by atoms with Gasteiger partial charge in [-0.05, 0) is 96.3 Å². The van der Waals surface area contributed by atoms with Crippen LogP contribution in [0, 0.1) is 0 Å². The number of nitrogens with two attached hydrogens (primary N) is 1. The van der Waals surface area contributed by atoms with Crippen molar-refractivity contribution in [3.8, 4) is 0 Å². The van der Waals surface area contributed by atoms with Gasteiger partial charge in [-0.15, -0.1) is 0 Å². The number of carbonyl (C=O) groups excluding carboxylic acids is 2. The Bertz CT molecular complexity index is 1300. The fraction of sp³-hybridized carbons (Fsp3) is 0.614. The molecule has 0 amide bonds. The van der Waals surface area contributed by atoms with Crippen LogP contribution in [0.2, 0.25) is 0 Å². The van der Waals surface area contributed by atoms with E-state index in [4.69, 9.17) is 24.8 Å². The Balaban J connectivity index is 4.59. The first-order valence-corrected chi connectivity index (χ1v) is 22.2. The Morgan fingerprint density at radius 3 is 1.58 bits per heavy atom. The smallest absolute Gasteiger partial charge is 0.472 e.